The van der Waals surface area contributed by atoms with Crippen molar-refractivity contribution in [1.82, 2.24) is 4.98 Å². The average molecular weight is 251 g/mol. The van der Waals surface area contributed by atoms with Gasteiger partial charge in [0, 0.05) is 31.6 Å². The van der Waals surface area contributed by atoms with Crippen molar-refractivity contribution in [3.8, 4) is 0 Å². The van der Waals surface area contributed by atoms with Crippen molar-refractivity contribution in [2.45, 2.75) is 12.8 Å². The second kappa shape index (κ2) is 5.42. The molecule has 1 saturated heterocycles. The Labute approximate surface area is 106 Å². The predicted molar refractivity (Wildman–Crippen MR) is 72.1 cm³/mol. The Balaban J connectivity index is 2.08. The molecule has 3 N–H and O–H groups in total. The van der Waals surface area contributed by atoms with Gasteiger partial charge in [0.25, 0.3) is 0 Å². The third kappa shape index (κ3) is 2.92. The minimum Gasteiger partial charge on any atom is -0.396 e. The summed E-state index contributed by atoms with van der Waals surface area (Å²) in [6.45, 7) is 2.28. The van der Waals surface area contributed by atoms with Crippen molar-refractivity contribution in [1.29, 1.82) is 0 Å². The molecule has 2 heterocycles. The Hall–Kier alpha value is -1.20. The van der Waals surface area contributed by atoms with Gasteiger partial charge in [0.1, 0.15) is 4.99 Å². The Kier molecular flexibility index (Phi) is 3.91. The quantitative estimate of drug-likeness (QED) is 0.779. The van der Waals surface area contributed by atoms with Gasteiger partial charge in [0.2, 0.25) is 0 Å². The smallest absolute Gasteiger partial charge is 0.122 e. The molecule has 1 fully saturated rings. The summed E-state index contributed by atoms with van der Waals surface area (Å²) in [5.41, 5.74) is 7.36. The molecule has 1 aliphatic heterocycles. The summed E-state index contributed by atoms with van der Waals surface area (Å²) in [6.07, 6.45) is 3.75. The molecule has 1 unspecified atom stereocenters. The number of nitrogens with two attached hydrogens (primary N) is 1. The molecule has 17 heavy (non-hydrogen) atoms. The van der Waals surface area contributed by atoms with Crippen LogP contribution in [0.5, 0.6) is 0 Å². The molecule has 5 heteroatoms. The highest BCUT2D eigenvalue weighted by molar-refractivity contribution is 7.80. The third-order valence-corrected chi connectivity index (χ3v) is 3.39. The minimum absolute atomic E-state index is 0.271. The lowest BCUT2D eigenvalue weighted by Crippen LogP contribution is -2.21. The fourth-order valence-corrected chi connectivity index (χ4v) is 2.35. The van der Waals surface area contributed by atoms with Crippen LogP contribution in [0.4, 0.5) is 5.69 Å². The number of anilines is 1. The normalized spacial score (nSPS) is 19.6. The summed E-state index contributed by atoms with van der Waals surface area (Å²) in [5.74, 6) is 0.585. The second-order valence-electron chi connectivity index (χ2n) is 4.38. The van der Waals surface area contributed by atoms with Crippen molar-refractivity contribution < 1.29 is 5.11 Å². The summed E-state index contributed by atoms with van der Waals surface area (Å²) in [7, 11) is 0. The zero-order valence-corrected chi connectivity index (χ0v) is 10.5. The first kappa shape index (κ1) is 12.3. The molecule has 1 aliphatic rings. The number of aliphatic hydroxyl groups is 1. The molecule has 4 nitrogen and oxygen atoms in total. The highest BCUT2D eigenvalue weighted by Crippen LogP contribution is 2.25. The van der Waals surface area contributed by atoms with Crippen LogP contribution < -0.4 is 10.6 Å². The van der Waals surface area contributed by atoms with Gasteiger partial charge in [0.15, 0.2) is 0 Å². The molecular weight excluding hydrogens is 234 g/mol. The third-order valence-electron chi connectivity index (χ3n) is 3.18. The molecule has 1 aromatic heterocycles. The van der Waals surface area contributed by atoms with E-state index in [1.807, 2.05) is 12.1 Å². The van der Waals surface area contributed by atoms with Crippen LogP contribution in [0.1, 0.15) is 18.5 Å². The van der Waals surface area contributed by atoms with E-state index in [1.54, 1.807) is 6.20 Å². The largest absolute Gasteiger partial charge is 0.396 e. The fraction of sp³-hybridized carbons (Fsp3) is 0.500. The van der Waals surface area contributed by atoms with Crippen LogP contribution in [0.3, 0.4) is 0 Å². The van der Waals surface area contributed by atoms with E-state index in [-0.39, 0.29) is 6.61 Å². The van der Waals surface area contributed by atoms with Crippen LogP contribution in [0, 0.1) is 5.92 Å². The van der Waals surface area contributed by atoms with Crippen LogP contribution in [-0.4, -0.2) is 34.8 Å². The summed E-state index contributed by atoms with van der Waals surface area (Å²) in [6, 6.07) is 3.91. The maximum Gasteiger partial charge on any atom is 0.122 e. The molecule has 1 atom stereocenters. The zero-order chi connectivity index (χ0) is 12.3. The van der Waals surface area contributed by atoms with Gasteiger partial charge in [-0.15, -0.1) is 0 Å². The number of hydrogen-bond acceptors (Lipinski definition) is 4. The van der Waals surface area contributed by atoms with Gasteiger partial charge in [-0.2, -0.15) is 0 Å². The topological polar surface area (TPSA) is 62.4 Å². The first-order valence-electron chi connectivity index (χ1n) is 5.82. The molecule has 0 aromatic carbocycles. The monoisotopic (exact) mass is 251 g/mol. The molecule has 0 spiro atoms. The van der Waals surface area contributed by atoms with Crippen LogP contribution in [0.2, 0.25) is 0 Å². The van der Waals surface area contributed by atoms with Gasteiger partial charge >= 0.3 is 0 Å². The van der Waals surface area contributed by atoms with Crippen LogP contribution in [0.25, 0.3) is 0 Å². The second-order valence-corrected chi connectivity index (χ2v) is 4.82. The van der Waals surface area contributed by atoms with Crippen LogP contribution >= 0.6 is 12.2 Å². The SMILES string of the molecule is NC(=S)c1cc(N2CCC(CCO)C2)ccn1. The van der Waals surface area contributed by atoms with Gasteiger partial charge in [-0.1, -0.05) is 12.2 Å². The molecule has 0 saturated carbocycles. The maximum atomic E-state index is 8.94. The van der Waals surface area contributed by atoms with Crippen molar-refractivity contribution in [3.63, 3.8) is 0 Å². The average Bonchev–Trinajstić information content (AvgIpc) is 2.78. The lowest BCUT2D eigenvalue weighted by Gasteiger charge is -2.19. The predicted octanol–water partition coefficient (Wildman–Crippen LogP) is 0.924. The fourth-order valence-electron chi connectivity index (χ4n) is 2.24. The van der Waals surface area contributed by atoms with E-state index < -0.39 is 0 Å². The molecular formula is C12H17N3OS. The number of thiocarbonyl (C=S) groups is 1. The van der Waals surface area contributed by atoms with E-state index in [0.29, 0.717) is 16.6 Å². The van der Waals surface area contributed by atoms with E-state index in [0.717, 1.165) is 31.6 Å². The number of aromatic nitrogens is 1. The standard InChI is InChI=1S/C12H17N3OS/c13-12(17)11-7-10(1-4-14-11)15-5-2-9(8-15)3-6-16/h1,4,7,9,16H,2-3,5-6,8H2,(H2,13,17). The van der Waals surface area contributed by atoms with Gasteiger partial charge in [-0.25, -0.2) is 0 Å². The number of rotatable bonds is 4. The van der Waals surface area contributed by atoms with Crippen molar-refractivity contribution in [2.75, 3.05) is 24.6 Å². The summed E-state index contributed by atoms with van der Waals surface area (Å²) in [5, 5.41) is 8.94. The first-order valence-corrected chi connectivity index (χ1v) is 6.23. The summed E-state index contributed by atoms with van der Waals surface area (Å²) < 4.78 is 0. The lowest BCUT2D eigenvalue weighted by molar-refractivity contribution is 0.263. The minimum atomic E-state index is 0.271. The van der Waals surface area contributed by atoms with E-state index in [4.69, 9.17) is 23.1 Å². The molecule has 2 rings (SSSR count). The summed E-state index contributed by atoms with van der Waals surface area (Å²) >= 11 is 4.92. The molecule has 0 aliphatic carbocycles. The van der Waals surface area contributed by atoms with Crippen molar-refractivity contribution in [2.24, 2.45) is 11.7 Å². The molecule has 0 bridgehead atoms. The number of nitrogens with zero attached hydrogens (tertiary/aromatic N) is 2. The van der Waals surface area contributed by atoms with E-state index in [9.17, 15) is 0 Å². The van der Waals surface area contributed by atoms with Gasteiger partial charge in [-0.05, 0) is 30.9 Å². The van der Waals surface area contributed by atoms with Gasteiger partial charge in [0.05, 0.1) is 5.69 Å². The van der Waals surface area contributed by atoms with Crippen LogP contribution in [0.15, 0.2) is 18.3 Å². The molecule has 0 amide bonds. The van der Waals surface area contributed by atoms with Gasteiger partial charge < -0.3 is 15.7 Å². The Morgan fingerprint density at radius 1 is 1.65 bits per heavy atom. The Morgan fingerprint density at radius 3 is 3.18 bits per heavy atom. The van der Waals surface area contributed by atoms with Gasteiger partial charge in [-0.3, -0.25) is 4.98 Å². The van der Waals surface area contributed by atoms with E-state index in [1.165, 1.54) is 0 Å². The maximum absolute atomic E-state index is 8.94. The molecule has 92 valence electrons. The molecule has 1 aromatic rings. The highest BCUT2D eigenvalue weighted by Gasteiger charge is 2.22. The highest BCUT2D eigenvalue weighted by atomic mass is 32.1. The van der Waals surface area contributed by atoms with Crippen molar-refractivity contribution in [3.05, 3.63) is 24.0 Å². The first-order chi connectivity index (χ1) is 8.20. The zero-order valence-electron chi connectivity index (χ0n) is 9.67. The van der Waals surface area contributed by atoms with E-state index >= 15 is 0 Å². The number of aliphatic hydroxyl groups excluding tert-OH is 1. The number of pyridine rings is 1. The van der Waals surface area contributed by atoms with E-state index in [2.05, 4.69) is 9.88 Å². The Bertz CT molecular complexity index is 410. The summed E-state index contributed by atoms with van der Waals surface area (Å²) in [4.78, 5) is 6.76. The number of hydrogen-bond donors (Lipinski definition) is 2. The lowest BCUT2D eigenvalue weighted by atomic mass is 10.1. The Morgan fingerprint density at radius 2 is 2.47 bits per heavy atom. The molecule has 0 radical (unpaired) electrons. The van der Waals surface area contributed by atoms with Crippen molar-refractivity contribution >= 4 is 22.9 Å². The van der Waals surface area contributed by atoms with Crippen LogP contribution in [-0.2, 0) is 0 Å².